The molecule has 0 fully saturated rings. The molecule has 0 saturated heterocycles. The summed E-state index contributed by atoms with van der Waals surface area (Å²) in [6.45, 7) is 0.583. The highest BCUT2D eigenvalue weighted by atomic mass is 16.1. The van der Waals surface area contributed by atoms with Crippen molar-refractivity contribution in [2.75, 3.05) is 6.54 Å². The van der Waals surface area contributed by atoms with Gasteiger partial charge in [-0.3, -0.25) is 9.48 Å². The Kier molecular flexibility index (Phi) is 4.87. The summed E-state index contributed by atoms with van der Waals surface area (Å²) in [6.07, 6.45) is 6.59. The zero-order valence-electron chi connectivity index (χ0n) is 17.1. The van der Waals surface area contributed by atoms with Gasteiger partial charge in [0.25, 0.3) is 0 Å². The number of amides is 1. The maximum absolute atomic E-state index is 13.1. The van der Waals surface area contributed by atoms with Gasteiger partial charge < -0.3 is 10.3 Å². The number of carbonyl (C=O) groups is 1. The smallest absolute Gasteiger partial charge is 0.223 e. The molecule has 2 aromatic carbocycles. The molecule has 2 aromatic heterocycles. The second-order valence-corrected chi connectivity index (χ2v) is 8.18. The number of benzene rings is 2. The first-order chi connectivity index (χ1) is 14.7. The molecule has 1 aliphatic carbocycles. The largest absolute Gasteiger partial charge is 0.361 e. The number of fused-ring (bicyclic) bond motifs is 2. The van der Waals surface area contributed by atoms with Crippen molar-refractivity contribution < 1.29 is 4.79 Å². The maximum atomic E-state index is 13.1. The van der Waals surface area contributed by atoms with Gasteiger partial charge in [-0.05, 0) is 35.6 Å². The minimum Gasteiger partial charge on any atom is -0.361 e. The van der Waals surface area contributed by atoms with Crippen LogP contribution in [0.4, 0.5) is 0 Å². The van der Waals surface area contributed by atoms with Crippen molar-refractivity contribution in [2.45, 2.75) is 25.2 Å². The minimum absolute atomic E-state index is 0.00675. The molecule has 2 N–H and O–H groups in total. The lowest BCUT2D eigenvalue weighted by molar-refractivity contribution is -0.125. The second kappa shape index (κ2) is 7.82. The van der Waals surface area contributed by atoms with Gasteiger partial charge in [0.2, 0.25) is 5.91 Å². The summed E-state index contributed by atoms with van der Waals surface area (Å²) < 4.78 is 1.91. The number of para-hydroxylation sites is 1. The number of nitrogens with one attached hydrogen (secondary N) is 2. The summed E-state index contributed by atoms with van der Waals surface area (Å²) in [7, 11) is 1.96. The molecule has 4 aromatic rings. The Morgan fingerprint density at radius 1 is 1.20 bits per heavy atom. The van der Waals surface area contributed by atoms with Crippen LogP contribution >= 0.6 is 0 Å². The van der Waals surface area contributed by atoms with Crippen LogP contribution in [0.2, 0.25) is 0 Å². The first-order valence-electron chi connectivity index (χ1n) is 10.6. The van der Waals surface area contributed by atoms with Gasteiger partial charge in [0.15, 0.2) is 0 Å². The van der Waals surface area contributed by atoms with Crippen molar-refractivity contribution >= 4 is 16.8 Å². The Morgan fingerprint density at radius 2 is 2.00 bits per heavy atom. The fourth-order valence-electron chi connectivity index (χ4n) is 4.69. The molecule has 5 rings (SSSR count). The highest BCUT2D eigenvalue weighted by molar-refractivity contribution is 5.84. The molecule has 152 valence electrons. The van der Waals surface area contributed by atoms with E-state index in [4.69, 9.17) is 0 Å². The lowest BCUT2D eigenvalue weighted by Gasteiger charge is -2.24. The predicted molar refractivity (Wildman–Crippen MR) is 118 cm³/mol. The molecule has 0 saturated carbocycles. The van der Waals surface area contributed by atoms with Crippen molar-refractivity contribution in [3.8, 4) is 0 Å². The van der Waals surface area contributed by atoms with E-state index in [2.05, 4.69) is 64.1 Å². The molecule has 2 atom stereocenters. The number of hydrogen-bond donors (Lipinski definition) is 2. The number of H-pyrrole nitrogens is 1. The summed E-state index contributed by atoms with van der Waals surface area (Å²) in [5.74, 6) is 0.247. The number of hydrogen-bond acceptors (Lipinski definition) is 2. The van der Waals surface area contributed by atoms with Crippen LogP contribution in [0.3, 0.4) is 0 Å². The third kappa shape index (κ3) is 3.41. The molecule has 5 heteroatoms. The number of aromatic amines is 1. The van der Waals surface area contributed by atoms with Crippen molar-refractivity contribution in [1.82, 2.24) is 20.1 Å². The molecule has 5 nitrogen and oxygen atoms in total. The predicted octanol–water partition coefficient (Wildman–Crippen LogP) is 3.95. The zero-order valence-corrected chi connectivity index (χ0v) is 17.1. The molecule has 30 heavy (non-hydrogen) atoms. The summed E-state index contributed by atoms with van der Waals surface area (Å²) in [5, 5.41) is 8.82. The average Bonchev–Trinajstić information content (AvgIpc) is 3.38. The van der Waals surface area contributed by atoms with E-state index in [1.54, 1.807) is 0 Å². The van der Waals surface area contributed by atoms with Crippen molar-refractivity contribution in [3.05, 3.63) is 89.4 Å². The van der Waals surface area contributed by atoms with Crippen molar-refractivity contribution in [1.29, 1.82) is 0 Å². The quantitative estimate of drug-likeness (QED) is 0.535. The van der Waals surface area contributed by atoms with Gasteiger partial charge in [-0.1, -0.05) is 48.5 Å². The van der Waals surface area contributed by atoms with Gasteiger partial charge in [0.05, 0.1) is 6.20 Å². The Bertz CT molecular complexity index is 1170. The van der Waals surface area contributed by atoms with E-state index < -0.39 is 0 Å². The summed E-state index contributed by atoms with van der Waals surface area (Å²) in [4.78, 5) is 16.4. The lowest BCUT2D eigenvalue weighted by atomic mass is 9.86. The van der Waals surface area contributed by atoms with Gasteiger partial charge in [-0.2, -0.15) is 5.10 Å². The highest BCUT2D eigenvalue weighted by Gasteiger charge is 2.28. The van der Waals surface area contributed by atoms with E-state index >= 15 is 0 Å². The second-order valence-electron chi connectivity index (χ2n) is 8.18. The molecule has 2 heterocycles. The fraction of sp³-hybridized carbons (Fsp3) is 0.280. The van der Waals surface area contributed by atoms with Gasteiger partial charge in [0, 0.05) is 54.6 Å². The monoisotopic (exact) mass is 398 g/mol. The first-order valence-corrected chi connectivity index (χ1v) is 10.6. The van der Waals surface area contributed by atoms with Gasteiger partial charge in [-0.25, -0.2) is 0 Å². The molecular formula is C25H26N4O. The molecular weight excluding hydrogens is 372 g/mol. The van der Waals surface area contributed by atoms with Crippen LogP contribution in [-0.4, -0.2) is 27.2 Å². The average molecular weight is 399 g/mol. The topological polar surface area (TPSA) is 62.7 Å². The Morgan fingerprint density at radius 3 is 2.87 bits per heavy atom. The summed E-state index contributed by atoms with van der Waals surface area (Å²) in [5.41, 5.74) is 6.02. The molecule has 1 aliphatic rings. The summed E-state index contributed by atoms with van der Waals surface area (Å²) >= 11 is 0. The molecule has 1 amide bonds. The SMILES string of the molecule is Cn1ncc2c1CC(C(=O)NCC(c1ccccc1)c1c[nH]c3ccccc13)CC2. The third-order valence-electron chi connectivity index (χ3n) is 6.40. The van der Waals surface area contributed by atoms with E-state index in [-0.39, 0.29) is 17.7 Å². The van der Waals surface area contributed by atoms with Crippen LogP contribution in [0.1, 0.15) is 34.7 Å². The van der Waals surface area contributed by atoms with Crippen LogP contribution in [0, 0.1) is 5.92 Å². The van der Waals surface area contributed by atoms with Crippen molar-refractivity contribution in [2.24, 2.45) is 13.0 Å². The van der Waals surface area contributed by atoms with Crippen molar-refractivity contribution in [3.63, 3.8) is 0 Å². The number of rotatable bonds is 5. The van der Waals surface area contributed by atoms with Gasteiger partial charge in [-0.15, -0.1) is 0 Å². The number of nitrogens with zero attached hydrogens (tertiary/aromatic N) is 2. The van der Waals surface area contributed by atoms with Crippen LogP contribution in [0.5, 0.6) is 0 Å². The number of carbonyl (C=O) groups excluding carboxylic acids is 1. The molecule has 2 unspecified atom stereocenters. The van der Waals surface area contributed by atoms with E-state index in [0.29, 0.717) is 6.54 Å². The Balaban J connectivity index is 1.37. The van der Waals surface area contributed by atoms with Gasteiger partial charge in [0.1, 0.15) is 0 Å². The standard InChI is InChI=1S/C25H26N4O/c1-29-24-13-18(11-12-19(24)14-28-29)25(30)27-15-21(17-7-3-2-4-8-17)22-16-26-23-10-6-5-9-20(22)23/h2-10,14,16,18,21,26H,11-13,15H2,1H3,(H,27,30). The van der Waals surface area contributed by atoms with Crippen LogP contribution in [0.25, 0.3) is 10.9 Å². The third-order valence-corrected chi connectivity index (χ3v) is 6.40. The summed E-state index contributed by atoms with van der Waals surface area (Å²) in [6, 6.07) is 18.8. The molecule has 0 aliphatic heterocycles. The van der Waals surface area contributed by atoms with E-state index in [0.717, 1.165) is 24.8 Å². The normalized spacial score (nSPS) is 16.9. The zero-order chi connectivity index (χ0) is 20.5. The fourth-order valence-corrected chi connectivity index (χ4v) is 4.69. The highest BCUT2D eigenvalue weighted by Crippen LogP contribution is 2.31. The first kappa shape index (κ1) is 18.7. The molecule has 0 bridgehead atoms. The lowest BCUT2D eigenvalue weighted by Crippen LogP contribution is -2.36. The van der Waals surface area contributed by atoms with Crippen LogP contribution in [0.15, 0.2) is 67.0 Å². The number of aryl methyl sites for hydroxylation is 2. The van der Waals surface area contributed by atoms with E-state index in [9.17, 15) is 4.79 Å². The Labute approximate surface area is 176 Å². The van der Waals surface area contributed by atoms with Crippen LogP contribution in [-0.2, 0) is 24.7 Å². The minimum atomic E-state index is 0.00675. The Hall–Kier alpha value is -3.34. The van der Waals surface area contributed by atoms with E-state index in [1.807, 2.05) is 30.1 Å². The molecule has 0 spiro atoms. The van der Waals surface area contributed by atoms with Crippen LogP contribution < -0.4 is 5.32 Å². The van der Waals surface area contributed by atoms with E-state index in [1.165, 1.54) is 27.8 Å². The van der Waals surface area contributed by atoms with Gasteiger partial charge >= 0.3 is 0 Å². The molecule has 0 radical (unpaired) electrons. The maximum Gasteiger partial charge on any atom is 0.223 e. The number of aromatic nitrogens is 3.